The van der Waals surface area contributed by atoms with Crippen molar-refractivity contribution < 1.29 is 14.6 Å². The highest BCUT2D eigenvalue weighted by atomic mass is 16.5. The smallest absolute Gasteiger partial charge is 0.303 e. The summed E-state index contributed by atoms with van der Waals surface area (Å²) in [7, 11) is 0. The molecule has 0 radical (unpaired) electrons. The molecule has 76 valence electrons. The molecule has 0 aromatic heterocycles. The number of phenols is 1. The van der Waals surface area contributed by atoms with Crippen LogP contribution in [0.1, 0.15) is 18.6 Å². The topological polar surface area (TPSA) is 72.5 Å². The Balaban J connectivity index is 2.78. The SMILES string of the molecule is CC(=O)OC(CN)c1ccc(O)cc1. The van der Waals surface area contributed by atoms with Crippen molar-refractivity contribution in [2.45, 2.75) is 13.0 Å². The maximum Gasteiger partial charge on any atom is 0.303 e. The van der Waals surface area contributed by atoms with Gasteiger partial charge in [-0.15, -0.1) is 0 Å². The van der Waals surface area contributed by atoms with Crippen molar-refractivity contribution in [3.8, 4) is 5.75 Å². The number of aromatic hydroxyl groups is 1. The third-order valence-corrected chi connectivity index (χ3v) is 1.79. The lowest BCUT2D eigenvalue weighted by atomic mass is 10.1. The van der Waals surface area contributed by atoms with Crippen LogP contribution in [-0.2, 0) is 9.53 Å². The lowest BCUT2D eigenvalue weighted by Crippen LogP contribution is -2.17. The fourth-order valence-corrected chi connectivity index (χ4v) is 1.14. The Kier molecular flexibility index (Phi) is 3.48. The molecule has 0 aliphatic carbocycles. The molecule has 1 unspecified atom stereocenters. The molecule has 0 fully saturated rings. The van der Waals surface area contributed by atoms with Gasteiger partial charge in [0.05, 0.1) is 0 Å². The number of rotatable bonds is 3. The maximum absolute atomic E-state index is 10.7. The van der Waals surface area contributed by atoms with Crippen LogP contribution in [0.4, 0.5) is 0 Å². The number of ether oxygens (including phenoxy) is 1. The summed E-state index contributed by atoms with van der Waals surface area (Å²) in [6, 6.07) is 6.41. The second-order valence-electron chi connectivity index (χ2n) is 2.93. The molecule has 0 aliphatic rings. The first-order valence-corrected chi connectivity index (χ1v) is 4.29. The third kappa shape index (κ3) is 2.74. The molecule has 0 spiro atoms. The highest BCUT2D eigenvalue weighted by Crippen LogP contribution is 2.19. The highest BCUT2D eigenvalue weighted by molar-refractivity contribution is 5.66. The molecule has 0 amide bonds. The van der Waals surface area contributed by atoms with E-state index in [4.69, 9.17) is 15.6 Å². The van der Waals surface area contributed by atoms with E-state index in [2.05, 4.69) is 0 Å². The predicted molar refractivity (Wildman–Crippen MR) is 51.7 cm³/mol. The lowest BCUT2D eigenvalue weighted by molar-refractivity contribution is -0.146. The van der Waals surface area contributed by atoms with E-state index in [1.54, 1.807) is 12.1 Å². The van der Waals surface area contributed by atoms with Gasteiger partial charge in [0.1, 0.15) is 11.9 Å². The quantitative estimate of drug-likeness (QED) is 0.704. The van der Waals surface area contributed by atoms with Gasteiger partial charge < -0.3 is 15.6 Å². The molecule has 1 atom stereocenters. The van der Waals surface area contributed by atoms with Crippen molar-refractivity contribution >= 4 is 5.97 Å². The van der Waals surface area contributed by atoms with Crippen LogP contribution in [0.2, 0.25) is 0 Å². The van der Waals surface area contributed by atoms with Crippen molar-refractivity contribution in [2.75, 3.05) is 6.54 Å². The van der Waals surface area contributed by atoms with E-state index in [1.807, 2.05) is 0 Å². The summed E-state index contributed by atoms with van der Waals surface area (Å²) in [6.45, 7) is 1.56. The van der Waals surface area contributed by atoms with Crippen LogP contribution in [-0.4, -0.2) is 17.6 Å². The minimum absolute atomic E-state index is 0.173. The van der Waals surface area contributed by atoms with Crippen molar-refractivity contribution in [1.82, 2.24) is 0 Å². The zero-order valence-electron chi connectivity index (χ0n) is 7.93. The van der Waals surface area contributed by atoms with E-state index in [0.29, 0.717) is 0 Å². The number of carbonyl (C=O) groups is 1. The first-order chi connectivity index (χ1) is 6.63. The molecular formula is C10H13NO3. The third-order valence-electron chi connectivity index (χ3n) is 1.79. The summed E-state index contributed by atoms with van der Waals surface area (Å²) in [4.78, 5) is 10.7. The molecule has 0 bridgehead atoms. The summed E-state index contributed by atoms with van der Waals surface area (Å²) >= 11 is 0. The van der Waals surface area contributed by atoms with Crippen LogP contribution >= 0.6 is 0 Å². The Labute approximate surface area is 82.3 Å². The monoisotopic (exact) mass is 195 g/mol. The van der Waals surface area contributed by atoms with Crippen LogP contribution < -0.4 is 5.73 Å². The van der Waals surface area contributed by atoms with Crippen LogP contribution in [0.5, 0.6) is 5.75 Å². The zero-order valence-corrected chi connectivity index (χ0v) is 7.93. The normalized spacial score (nSPS) is 12.1. The average Bonchev–Trinajstić information content (AvgIpc) is 2.15. The van der Waals surface area contributed by atoms with E-state index >= 15 is 0 Å². The standard InChI is InChI=1S/C10H13NO3/c1-7(12)14-10(6-11)8-2-4-9(13)5-3-8/h2-5,10,13H,6,11H2,1H3. The molecule has 0 heterocycles. The van der Waals surface area contributed by atoms with Crippen LogP contribution in [0.3, 0.4) is 0 Å². The number of carbonyl (C=O) groups excluding carboxylic acids is 1. The minimum atomic E-state index is -0.437. The van der Waals surface area contributed by atoms with Gasteiger partial charge in [-0.3, -0.25) is 4.79 Å². The van der Waals surface area contributed by atoms with E-state index in [-0.39, 0.29) is 18.3 Å². The van der Waals surface area contributed by atoms with Gasteiger partial charge >= 0.3 is 5.97 Å². The van der Waals surface area contributed by atoms with E-state index < -0.39 is 6.10 Å². The molecule has 3 N–H and O–H groups in total. The molecule has 4 heteroatoms. The van der Waals surface area contributed by atoms with Gasteiger partial charge in [-0.2, -0.15) is 0 Å². The van der Waals surface area contributed by atoms with Gasteiger partial charge in [-0.25, -0.2) is 0 Å². The molecular weight excluding hydrogens is 182 g/mol. The van der Waals surface area contributed by atoms with Crippen molar-refractivity contribution in [3.63, 3.8) is 0 Å². The van der Waals surface area contributed by atoms with Gasteiger partial charge in [-0.05, 0) is 17.7 Å². The number of esters is 1. The van der Waals surface area contributed by atoms with Gasteiger partial charge in [0.15, 0.2) is 0 Å². The number of phenolic OH excluding ortho intramolecular Hbond substituents is 1. The lowest BCUT2D eigenvalue weighted by Gasteiger charge is -2.14. The molecule has 0 aliphatic heterocycles. The number of hydrogen-bond acceptors (Lipinski definition) is 4. The van der Waals surface area contributed by atoms with Gasteiger partial charge in [-0.1, -0.05) is 12.1 Å². The minimum Gasteiger partial charge on any atom is -0.508 e. The van der Waals surface area contributed by atoms with Crippen LogP contribution in [0.15, 0.2) is 24.3 Å². The first kappa shape index (κ1) is 10.5. The Morgan fingerprint density at radius 2 is 2.07 bits per heavy atom. The summed E-state index contributed by atoms with van der Waals surface area (Å²) in [5, 5.41) is 9.05. The number of nitrogens with two attached hydrogens (primary N) is 1. The van der Waals surface area contributed by atoms with Crippen LogP contribution in [0, 0.1) is 0 Å². The summed E-state index contributed by atoms with van der Waals surface area (Å²) in [5.74, 6) is -0.194. The van der Waals surface area contributed by atoms with E-state index in [0.717, 1.165) is 5.56 Å². The van der Waals surface area contributed by atoms with Gasteiger partial charge in [0.25, 0.3) is 0 Å². The highest BCUT2D eigenvalue weighted by Gasteiger charge is 2.11. The van der Waals surface area contributed by atoms with Crippen molar-refractivity contribution in [3.05, 3.63) is 29.8 Å². The molecule has 0 saturated heterocycles. The fourth-order valence-electron chi connectivity index (χ4n) is 1.14. The Bertz CT molecular complexity index is 308. The second-order valence-corrected chi connectivity index (χ2v) is 2.93. The van der Waals surface area contributed by atoms with Crippen molar-refractivity contribution in [2.24, 2.45) is 5.73 Å². The summed E-state index contributed by atoms with van der Waals surface area (Å²) < 4.78 is 4.98. The number of hydrogen-bond donors (Lipinski definition) is 2. The Hall–Kier alpha value is -1.55. The molecule has 4 nitrogen and oxygen atoms in total. The molecule has 1 aromatic carbocycles. The van der Waals surface area contributed by atoms with Crippen LogP contribution in [0.25, 0.3) is 0 Å². The van der Waals surface area contributed by atoms with Gasteiger partial charge in [0, 0.05) is 13.5 Å². The summed E-state index contributed by atoms with van der Waals surface area (Å²) in [6.07, 6.45) is -0.437. The second kappa shape index (κ2) is 4.62. The molecule has 14 heavy (non-hydrogen) atoms. The molecule has 0 saturated carbocycles. The largest absolute Gasteiger partial charge is 0.508 e. The van der Waals surface area contributed by atoms with E-state index in [1.165, 1.54) is 19.1 Å². The maximum atomic E-state index is 10.7. The molecule has 1 rings (SSSR count). The molecule has 1 aromatic rings. The fraction of sp³-hybridized carbons (Fsp3) is 0.300. The Morgan fingerprint density at radius 3 is 2.50 bits per heavy atom. The Morgan fingerprint density at radius 1 is 1.50 bits per heavy atom. The van der Waals surface area contributed by atoms with Gasteiger partial charge in [0.2, 0.25) is 0 Å². The predicted octanol–water partition coefficient (Wildman–Crippen LogP) is 0.955. The zero-order chi connectivity index (χ0) is 10.6. The first-order valence-electron chi connectivity index (χ1n) is 4.29. The van der Waals surface area contributed by atoms with E-state index in [9.17, 15) is 4.79 Å². The number of benzene rings is 1. The summed E-state index contributed by atoms with van der Waals surface area (Å²) in [5.41, 5.74) is 6.23. The van der Waals surface area contributed by atoms with Crippen molar-refractivity contribution in [1.29, 1.82) is 0 Å². The average molecular weight is 195 g/mol.